The Kier molecular flexibility index (Phi) is 5.02. The minimum atomic E-state index is -0.753. The van der Waals surface area contributed by atoms with Gasteiger partial charge in [0.2, 0.25) is 5.91 Å². The topological polar surface area (TPSA) is 78.4 Å². The van der Waals surface area contributed by atoms with Crippen LogP contribution in [0, 0.1) is 17.3 Å². The highest BCUT2D eigenvalue weighted by Crippen LogP contribution is 2.35. The van der Waals surface area contributed by atoms with E-state index in [0.29, 0.717) is 25.3 Å². The van der Waals surface area contributed by atoms with Crippen LogP contribution in [-0.4, -0.2) is 36.6 Å². The molecule has 3 N–H and O–H groups in total. The first-order valence-corrected chi connectivity index (χ1v) is 7.77. The third-order valence-corrected chi connectivity index (χ3v) is 4.97. The van der Waals surface area contributed by atoms with E-state index in [9.17, 15) is 14.7 Å². The lowest BCUT2D eigenvalue weighted by molar-refractivity contribution is -0.150. The van der Waals surface area contributed by atoms with Gasteiger partial charge in [0.1, 0.15) is 0 Å². The predicted molar refractivity (Wildman–Crippen MR) is 76.3 cm³/mol. The molecule has 1 heterocycles. The number of carboxylic acids is 1. The van der Waals surface area contributed by atoms with Crippen molar-refractivity contribution in [2.75, 3.05) is 19.6 Å². The van der Waals surface area contributed by atoms with E-state index in [-0.39, 0.29) is 18.4 Å². The number of rotatable bonds is 4. The van der Waals surface area contributed by atoms with Gasteiger partial charge >= 0.3 is 5.97 Å². The Bertz CT molecular complexity index is 362. The molecule has 0 aromatic carbocycles. The molecular formula is C15H26N2O3. The molecule has 0 aromatic rings. The maximum absolute atomic E-state index is 12.2. The lowest BCUT2D eigenvalue weighted by atomic mass is 9.80. The Morgan fingerprint density at radius 2 is 1.85 bits per heavy atom. The van der Waals surface area contributed by atoms with Crippen LogP contribution in [0.5, 0.6) is 0 Å². The van der Waals surface area contributed by atoms with Crippen molar-refractivity contribution in [2.45, 2.75) is 45.4 Å². The van der Waals surface area contributed by atoms with Crippen LogP contribution in [0.1, 0.15) is 45.4 Å². The Balaban J connectivity index is 1.94. The summed E-state index contributed by atoms with van der Waals surface area (Å²) in [6.07, 6.45) is 5.47. The molecule has 2 fully saturated rings. The molecule has 1 aliphatic heterocycles. The lowest BCUT2D eigenvalue weighted by Crippen LogP contribution is -2.45. The molecule has 2 atom stereocenters. The van der Waals surface area contributed by atoms with Gasteiger partial charge in [-0.1, -0.05) is 32.6 Å². The summed E-state index contributed by atoms with van der Waals surface area (Å²) in [5, 5.41) is 15.7. The van der Waals surface area contributed by atoms with Gasteiger partial charge in [-0.2, -0.15) is 0 Å². The Hall–Kier alpha value is -1.10. The molecule has 0 bridgehead atoms. The highest BCUT2D eigenvalue weighted by molar-refractivity contribution is 5.81. The van der Waals surface area contributed by atoms with Crippen molar-refractivity contribution in [3.8, 4) is 0 Å². The summed E-state index contributed by atoms with van der Waals surface area (Å²) in [6.45, 7) is 3.91. The van der Waals surface area contributed by atoms with E-state index < -0.39 is 11.4 Å². The normalized spacial score (nSPS) is 29.6. The van der Waals surface area contributed by atoms with Crippen molar-refractivity contribution in [2.24, 2.45) is 17.3 Å². The van der Waals surface area contributed by atoms with Crippen LogP contribution in [0.25, 0.3) is 0 Å². The van der Waals surface area contributed by atoms with E-state index in [2.05, 4.69) is 17.6 Å². The summed E-state index contributed by atoms with van der Waals surface area (Å²) in [5.74, 6) is -0.443. The maximum Gasteiger partial charge on any atom is 0.311 e. The van der Waals surface area contributed by atoms with Gasteiger partial charge in [0.15, 0.2) is 0 Å². The highest BCUT2D eigenvalue weighted by atomic mass is 16.4. The monoisotopic (exact) mass is 282 g/mol. The smallest absolute Gasteiger partial charge is 0.311 e. The standard InChI is InChI=1S/C15H26N2O3/c1-11-8-16-9-12(11)13(18)17-10-15(14(19)20)6-4-2-3-5-7-15/h11-12,16H,2-10H2,1H3,(H,17,18)(H,19,20). The summed E-state index contributed by atoms with van der Waals surface area (Å²) < 4.78 is 0. The Morgan fingerprint density at radius 1 is 1.20 bits per heavy atom. The lowest BCUT2D eigenvalue weighted by Gasteiger charge is -2.29. The summed E-state index contributed by atoms with van der Waals surface area (Å²) in [6, 6.07) is 0. The number of carbonyl (C=O) groups excluding carboxylic acids is 1. The van der Waals surface area contributed by atoms with Crippen LogP contribution in [-0.2, 0) is 9.59 Å². The number of amides is 1. The Labute approximate surface area is 120 Å². The second kappa shape index (κ2) is 6.57. The molecule has 0 spiro atoms. The summed E-state index contributed by atoms with van der Waals surface area (Å²) in [5.41, 5.74) is -0.749. The largest absolute Gasteiger partial charge is 0.481 e. The third-order valence-electron chi connectivity index (χ3n) is 4.97. The zero-order valence-electron chi connectivity index (χ0n) is 12.3. The number of carboxylic acid groups (broad SMARTS) is 1. The number of nitrogens with one attached hydrogen (secondary N) is 2. The van der Waals surface area contributed by atoms with Crippen molar-refractivity contribution in [1.82, 2.24) is 10.6 Å². The number of aliphatic carboxylic acids is 1. The molecule has 0 radical (unpaired) electrons. The zero-order chi connectivity index (χ0) is 14.6. The molecule has 2 unspecified atom stereocenters. The molecular weight excluding hydrogens is 256 g/mol. The van der Waals surface area contributed by atoms with Crippen molar-refractivity contribution in [3.63, 3.8) is 0 Å². The van der Waals surface area contributed by atoms with Gasteiger partial charge in [-0.3, -0.25) is 9.59 Å². The second-order valence-electron chi connectivity index (χ2n) is 6.46. The van der Waals surface area contributed by atoms with Gasteiger partial charge in [-0.25, -0.2) is 0 Å². The molecule has 0 aromatic heterocycles. The minimum absolute atomic E-state index is 0.00683. The van der Waals surface area contributed by atoms with Gasteiger partial charge in [0, 0.05) is 13.1 Å². The first-order chi connectivity index (χ1) is 9.55. The van der Waals surface area contributed by atoms with Crippen LogP contribution >= 0.6 is 0 Å². The fraction of sp³-hybridized carbons (Fsp3) is 0.867. The van der Waals surface area contributed by atoms with E-state index in [1.807, 2.05) is 0 Å². The van der Waals surface area contributed by atoms with Crippen LogP contribution < -0.4 is 10.6 Å². The summed E-state index contributed by atoms with van der Waals surface area (Å²) >= 11 is 0. The van der Waals surface area contributed by atoms with Gasteiger partial charge in [-0.05, 0) is 25.3 Å². The van der Waals surface area contributed by atoms with Crippen LogP contribution in [0.3, 0.4) is 0 Å². The minimum Gasteiger partial charge on any atom is -0.481 e. The predicted octanol–water partition coefficient (Wildman–Crippen LogP) is 1.38. The van der Waals surface area contributed by atoms with E-state index in [0.717, 1.165) is 32.2 Å². The molecule has 1 saturated carbocycles. The van der Waals surface area contributed by atoms with E-state index in [1.165, 1.54) is 0 Å². The fourth-order valence-electron chi connectivity index (χ4n) is 3.42. The summed E-state index contributed by atoms with van der Waals surface area (Å²) in [4.78, 5) is 23.9. The van der Waals surface area contributed by atoms with Crippen molar-refractivity contribution in [1.29, 1.82) is 0 Å². The molecule has 5 nitrogen and oxygen atoms in total. The fourth-order valence-corrected chi connectivity index (χ4v) is 3.42. The van der Waals surface area contributed by atoms with Crippen molar-refractivity contribution >= 4 is 11.9 Å². The number of hydrogen-bond acceptors (Lipinski definition) is 3. The van der Waals surface area contributed by atoms with Gasteiger partial charge in [0.25, 0.3) is 0 Å². The molecule has 1 amide bonds. The third kappa shape index (κ3) is 3.32. The van der Waals surface area contributed by atoms with E-state index in [4.69, 9.17) is 0 Å². The SMILES string of the molecule is CC1CNCC1C(=O)NCC1(C(=O)O)CCCCCC1. The first kappa shape index (κ1) is 15.3. The first-order valence-electron chi connectivity index (χ1n) is 7.77. The van der Waals surface area contributed by atoms with Crippen molar-refractivity contribution < 1.29 is 14.7 Å². The molecule has 2 aliphatic rings. The molecule has 5 heteroatoms. The zero-order valence-corrected chi connectivity index (χ0v) is 12.3. The average Bonchev–Trinajstić information content (AvgIpc) is 2.71. The molecule has 114 valence electrons. The molecule has 1 aliphatic carbocycles. The second-order valence-corrected chi connectivity index (χ2v) is 6.46. The Morgan fingerprint density at radius 3 is 2.35 bits per heavy atom. The van der Waals surface area contributed by atoms with Gasteiger partial charge in [-0.15, -0.1) is 0 Å². The van der Waals surface area contributed by atoms with Crippen molar-refractivity contribution in [3.05, 3.63) is 0 Å². The van der Waals surface area contributed by atoms with E-state index >= 15 is 0 Å². The van der Waals surface area contributed by atoms with Gasteiger partial charge in [0.05, 0.1) is 11.3 Å². The maximum atomic E-state index is 12.2. The quantitative estimate of drug-likeness (QED) is 0.681. The van der Waals surface area contributed by atoms with Crippen LogP contribution in [0.2, 0.25) is 0 Å². The number of carbonyl (C=O) groups is 2. The van der Waals surface area contributed by atoms with Crippen LogP contribution in [0.4, 0.5) is 0 Å². The van der Waals surface area contributed by atoms with Crippen LogP contribution in [0.15, 0.2) is 0 Å². The number of hydrogen-bond donors (Lipinski definition) is 3. The van der Waals surface area contributed by atoms with Gasteiger partial charge < -0.3 is 15.7 Å². The molecule has 20 heavy (non-hydrogen) atoms. The summed E-state index contributed by atoms with van der Waals surface area (Å²) in [7, 11) is 0. The van der Waals surface area contributed by atoms with E-state index in [1.54, 1.807) is 0 Å². The molecule has 1 saturated heterocycles. The molecule has 2 rings (SSSR count). The average molecular weight is 282 g/mol. The highest BCUT2D eigenvalue weighted by Gasteiger charge is 2.40.